The van der Waals surface area contributed by atoms with Gasteiger partial charge in [-0.1, -0.05) is 95.0 Å². The Balaban J connectivity index is 1.55. The van der Waals surface area contributed by atoms with Gasteiger partial charge in [0.05, 0.1) is 19.2 Å². The van der Waals surface area contributed by atoms with Crippen LogP contribution in [-0.4, -0.2) is 100 Å². The van der Waals surface area contributed by atoms with Gasteiger partial charge in [0.2, 0.25) is 17.8 Å². The fraction of sp³-hybridized carbons (Fsp3) is 0.524. The van der Waals surface area contributed by atoms with E-state index in [1.807, 2.05) is 45.9 Å². The maximum Gasteiger partial charge on any atom is 0.407 e. The quantitative estimate of drug-likeness (QED) is 0.124. The Morgan fingerprint density at radius 1 is 0.914 bits per heavy atom. The number of carboxylic acids is 1. The zero-order valence-electron chi connectivity index (χ0n) is 33.8. The van der Waals surface area contributed by atoms with E-state index in [1.165, 1.54) is 17.0 Å². The molecule has 2 fully saturated rings. The summed E-state index contributed by atoms with van der Waals surface area (Å²) in [6, 6.07) is 8.57. The number of esters is 1. The van der Waals surface area contributed by atoms with Crippen LogP contribution in [-0.2, 0) is 44.8 Å². The summed E-state index contributed by atoms with van der Waals surface area (Å²) in [6.45, 7) is 8.42. The minimum Gasteiger partial charge on any atom is -0.478 e. The van der Waals surface area contributed by atoms with Gasteiger partial charge >= 0.3 is 24.1 Å². The van der Waals surface area contributed by atoms with Crippen molar-refractivity contribution in [3.63, 3.8) is 0 Å². The summed E-state index contributed by atoms with van der Waals surface area (Å²) in [5.41, 5.74) is 2.98. The number of nitrogens with zero attached hydrogens (tertiary/aromatic N) is 2. The summed E-state index contributed by atoms with van der Waals surface area (Å²) in [7, 11) is 0. The van der Waals surface area contributed by atoms with Crippen LogP contribution in [0.4, 0.5) is 9.59 Å². The lowest BCUT2D eigenvalue weighted by atomic mass is 9.83. The molecule has 58 heavy (non-hydrogen) atoms. The molecule has 1 aliphatic heterocycles. The molecule has 3 unspecified atom stereocenters. The third kappa shape index (κ3) is 12.1. The van der Waals surface area contributed by atoms with Gasteiger partial charge in [-0.25, -0.2) is 19.3 Å². The van der Waals surface area contributed by atoms with Crippen LogP contribution in [0.15, 0.2) is 48.5 Å². The van der Waals surface area contributed by atoms with E-state index in [0.29, 0.717) is 19.3 Å². The minimum atomic E-state index is -1.65. The number of carbonyl (C=O) groups excluding carboxylic acids is 7. The van der Waals surface area contributed by atoms with Gasteiger partial charge in [0.25, 0.3) is 11.8 Å². The molecule has 2 aromatic carbocycles. The molecule has 1 saturated heterocycles. The molecule has 0 spiro atoms. The highest BCUT2D eigenvalue weighted by atomic mass is 16.6. The number of alkyl carbamates (subject to hydrolysis) is 1. The third-order valence-corrected chi connectivity index (χ3v) is 10.3. The molecule has 314 valence electrons. The van der Waals surface area contributed by atoms with E-state index in [-0.39, 0.29) is 43.5 Å². The van der Waals surface area contributed by atoms with E-state index in [1.54, 1.807) is 25.1 Å². The molecule has 16 heteroatoms. The molecule has 1 heterocycles. The van der Waals surface area contributed by atoms with Crippen LogP contribution in [0.25, 0.3) is 0 Å². The smallest absolute Gasteiger partial charge is 0.407 e. The summed E-state index contributed by atoms with van der Waals surface area (Å²) in [5.74, 6) is -6.87. The van der Waals surface area contributed by atoms with Gasteiger partial charge in [-0.3, -0.25) is 24.0 Å². The molecule has 4 atom stereocenters. The van der Waals surface area contributed by atoms with Crippen molar-refractivity contribution in [1.29, 1.82) is 0 Å². The van der Waals surface area contributed by atoms with Gasteiger partial charge in [-0.15, -0.1) is 0 Å². The average Bonchev–Trinajstić information content (AvgIpc) is 3.53. The van der Waals surface area contributed by atoms with Gasteiger partial charge in [0.1, 0.15) is 18.6 Å². The summed E-state index contributed by atoms with van der Waals surface area (Å²) < 4.78 is 10.4. The Hall–Kier alpha value is -5.80. The van der Waals surface area contributed by atoms with Crippen molar-refractivity contribution in [2.24, 2.45) is 11.8 Å². The largest absolute Gasteiger partial charge is 0.478 e. The molecule has 0 radical (unpaired) electrons. The second-order valence-electron chi connectivity index (χ2n) is 15.3. The second kappa shape index (κ2) is 21.1. The lowest BCUT2D eigenvalue weighted by Crippen LogP contribution is -2.59. The van der Waals surface area contributed by atoms with Crippen LogP contribution >= 0.6 is 0 Å². The molecule has 4 N–H and O–H groups in total. The number of amides is 6. The number of aryl methyl sites for hydroxylation is 2. The highest BCUT2D eigenvalue weighted by Gasteiger charge is 2.49. The van der Waals surface area contributed by atoms with Gasteiger partial charge in [-0.2, -0.15) is 0 Å². The topological polar surface area (TPSA) is 218 Å². The number of aliphatic carboxylic acids is 1. The SMILES string of the molecule is CCCC(NC(=O)C1CN(Cc2ccc(C)c(C)c2)C(=O)N1C(=O)C(NC(=O)OCC(C)C)C1CCCCC1)C(=O)C(=O)NCC(=O)O[C@H](C(=O)O)c1ccccc1. The lowest BCUT2D eigenvalue weighted by molar-refractivity contribution is -0.164. The molecule has 4 rings (SSSR count). The third-order valence-electron chi connectivity index (χ3n) is 10.3. The first-order valence-corrected chi connectivity index (χ1v) is 19.8. The molecule has 2 aromatic rings. The fourth-order valence-electron chi connectivity index (χ4n) is 7.05. The van der Waals surface area contributed by atoms with E-state index in [9.17, 15) is 43.5 Å². The van der Waals surface area contributed by atoms with Crippen molar-refractivity contribution in [1.82, 2.24) is 25.8 Å². The average molecular weight is 806 g/mol. The number of imide groups is 1. The number of ether oxygens (including phenoxy) is 2. The number of nitrogens with one attached hydrogen (secondary N) is 3. The predicted octanol–water partition coefficient (Wildman–Crippen LogP) is 4.11. The zero-order chi connectivity index (χ0) is 42.5. The number of benzene rings is 2. The normalized spacial score (nSPS) is 17.2. The summed E-state index contributed by atoms with van der Waals surface area (Å²) >= 11 is 0. The van der Waals surface area contributed by atoms with Crippen molar-refractivity contribution < 1.29 is 52.9 Å². The predicted molar refractivity (Wildman–Crippen MR) is 210 cm³/mol. The molecule has 2 aliphatic rings. The lowest BCUT2D eigenvalue weighted by Gasteiger charge is -2.33. The second-order valence-corrected chi connectivity index (χ2v) is 15.3. The van der Waals surface area contributed by atoms with Crippen molar-refractivity contribution in [3.8, 4) is 0 Å². The molecule has 0 aromatic heterocycles. The van der Waals surface area contributed by atoms with Crippen molar-refractivity contribution in [2.75, 3.05) is 19.7 Å². The minimum absolute atomic E-state index is 0.00749. The number of urea groups is 1. The molecule has 1 aliphatic carbocycles. The Morgan fingerprint density at radius 3 is 2.22 bits per heavy atom. The number of hydrogen-bond donors (Lipinski definition) is 4. The maximum absolute atomic E-state index is 14.6. The Morgan fingerprint density at radius 2 is 1.60 bits per heavy atom. The van der Waals surface area contributed by atoms with E-state index in [4.69, 9.17) is 9.47 Å². The highest BCUT2D eigenvalue weighted by Crippen LogP contribution is 2.30. The van der Waals surface area contributed by atoms with Crippen molar-refractivity contribution in [3.05, 3.63) is 70.8 Å². The first kappa shape index (κ1) is 44.9. The van der Waals surface area contributed by atoms with Crippen LogP contribution in [0.2, 0.25) is 0 Å². The van der Waals surface area contributed by atoms with Gasteiger partial charge in [-0.05, 0) is 61.6 Å². The van der Waals surface area contributed by atoms with Crippen LogP contribution in [0.5, 0.6) is 0 Å². The van der Waals surface area contributed by atoms with E-state index < -0.39 is 78.3 Å². The summed E-state index contributed by atoms with van der Waals surface area (Å²) in [6.07, 6.45) is 1.62. The number of carbonyl (C=O) groups is 8. The Kier molecular flexibility index (Phi) is 16.3. The van der Waals surface area contributed by atoms with Crippen molar-refractivity contribution >= 4 is 47.6 Å². The number of carboxylic acid groups (broad SMARTS) is 1. The van der Waals surface area contributed by atoms with E-state index >= 15 is 0 Å². The number of ketones is 1. The number of Topliss-reactive ketones (excluding diaryl/α,β-unsaturated/α-hetero) is 1. The zero-order valence-corrected chi connectivity index (χ0v) is 33.8. The highest BCUT2D eigenvalue weighted by molar-refractivity contribution is 6.38. The summed E-state index contributed by atoms with van der Waals surface area (Å²) in [4.78, 5) is 109. The first-order chi connectivity index (χ1) is 27.6. The Labute approximate surface area is 338 Å². The first-order valence-electron chi connectivity index (χ1n) is 19.8. The number of hydrogen-bond acceptors (Lipinski definition) is 10. The fourth-order valence-corrected chi connectivity index (χ4v) is 7.05. The molecule has 0 bridgehead atoms. The molecule has 1 saturated carbocycles. The molecule has 6 amide bonds. The maximum atomic E-state index is 14.6. The van der Waals surface area contributed by atoms with Gasteiger partial charge < -0.3 is 35.4 Å². The Bertz CT molecular complexity index is 1830. The standard InChI is InChI=1S/C42H55N5O11/c1-6-13-31(35(49)38(51)43-21-33(48)58-36(40(53)54)30-16-11-8-12-17-30)44-37(50)32-23-46(22-28-19-18-26(4)27(5)20-28)42(56)47(32)39(52)34(29-14-9-7-10-15-29)45-41(55)57-24-25(2)3/h8,11-12,16-20,25,29,31-32,34,36H,6-7,9-10,13-15,21-24H2,1-5H3,(H,43,51)(H,44,50)(H,45,55)(H,53,54)/t31?,32?,34?,36-/m0/s1. The molecule has 16 nitrogen and oxygen atoms in total. The van der Waals surface area contributed by atoms with Crippen molar-refractivity contribution in [2.45, 2.75) is 110 Å². The van der Waals surface area contributed by atoms with Crippen LogP contribution in [0.3, 0.4) is 0 Å². The van der Waals surface area contributed by atoms with Crippen LogP contribution < -0.4 is 16.0 Å². The molecular formula is C42H55N5O11. The van der Waals surface area contributed by atoms with Gasteiger partial charge in [0.15, 0.2) is 0 Å². The summed E-state index contributed by atoms with van der Waals surface area (Å²) in [5, 5.41) is 17.0. The van der Waals surface area contributed by atoms with E-state index in [0.717, 1.165) is 40.9 Å². The monoisotopic (exact) mass is 805 g/mol. The van der Waals surface area contributed by atoms with Crippen LogP contribution in [0, 0.1) is 25.7 Å². The molecular weight excluding hydrogens is 750 g/mol. The van der Waals surface area contributed by atoms with Crippen LogP contribution in [0.1, 0.15) is 94.1 Å². The van der Waals surface area contributed by atoms with Gasteiger partial charge in [0, 0.05) is 12.1 Å². The van der Waals surface area contributed by atoms with E-state index in [2.05, 4.69) is 16.0 Å². The number of rotatable bonds is 18.